The number of aryl methyl sites for hydroxylation is 3. The number of carbonyl (C=O) groups is 1. The summed E-state index contributed by atoms with van der Waals surface area (Å²) in [5, 5.41) is 2.92. The van der Waals surface area contributed by atoms with Gasteiger partial charge in [-0.05, 0) is 82.7 Å². The van der Waals surface area contributed by atoms with Crippen molar-refractivity contribution in [2.45, 2.75) is 45.1 Å². The van der Waals surface area contributed by atoms with Crippen LogP contribution in [0.4, 0.5) is 5.69 Å². The molecule has 0 unspecified atom stereocenters. The van der Waals surface area contributed by atoms with Crippen LogP contribution in [0, 0.1) is 6.92 Å². The van der Waals surface area contributed by atoms with E-state index in [2.05, 4.69) is 53.3 Å². The molecule has 0 saturated heterocycles. The number of carbonyl (C=O) groups excluding carboxylic acids is 1. The zero-order valence-electron chi connectivity index (χ0n) is 20.5. The number of methoxy groups -OCH3 is 1. The summed E-state index contributed by atoms with van der Waals surface area (Å²) in [6, 6.07) is 17.9. The minimum Gasteiger partial charge on any atom is -0.496 e. The van der Waals surface area contributed by atoms with Gasteiger partial charge in [0.1, 0.15) is 12.3 Å². The number of halogens is 1. The van der Waals surface area contributed by atoms with Crippen molar-refractivity contribution in [2.24, 2.45) is 0 Å². The molecule has 0 atom stereocenters. The lowest BCUT2D eigenvalue weighted by Crippen LogP contribution is -2.40. The van der Waals surface area contributed by atoms with Crippen LogP contribution in [-0.2, 0) is 34.2 Å². The second kappa shape index (κ2) is 11.7. The van der Waals surface area contributed by atoms with Gasteiger partial charge in [0.2, 0.25) is 5.91 Å². The number of hydrogen-bond donors (Lipinski definition) is 1. The van der Waals surface area contributed by atoms with Crippen LogP contribution in [0.2, 0.25) is 0 Å². The Morgan fingerprint density at radius 3 is 2.29 bits per heavy atom. The third-order valence-electron chi connectivity index (χ3n) is 5.86. The van der Waals surface area contributed by atoms with E-state index in [1.807, 2.05) is 19.1 Å². The van der Waals surface area contributed by atoms with Crippen molar-refractivity contribution in [3.05, 3.63) is 87.4 Å². The molecule has 0 spiro atoms. The van der Waals surface area contributed by atoms with Crippen LogP contribution in [0.15, 0.2) is 70.0 Å². The number of nitrogens with one attached hydrogen (secondary N) is 1. The molecule has 1 N–H and O–H groups in total. The molecular formula is C27H31BrN2O4S. The quantitative estimate of drug-likeness (QED) is 0.361. The van der Waals surface area contributed by atoms with E-state index in [1.165, 1.54) is 24.8 Å². The molecule has 3 rings (SSSR count). The second-order valence-electron chi connectivity index (χ2n) is 8.23. The molecule has 0 aliphatic carbocycles. The Labute approximate surface area is 216 Å². The van der Waals surface area contributed by atoms with Crippen molar-refractivity contribution in [1.29, 1.82) is 0 Å². The van der Waals surface area contributed by atoms with Gasteiger partial charge in [-0.3, -0.25) is 9.10 Å². The summed E-state index contributed by atoms with van der Waals surface area (Å²) >= 11 is 3.35. The van der Waals surface area contributed by atoms with Crippen molar-refractivity contribution in [3.63, 3.8) is 0 Å². The van der Waals surface area contributed by atoms with E-state index in [0.29, 0.717) is 22.5 Å². The van der Waals surface area contributed by atoms with Crippen LogP contribution in [0.1, 0.15) is 36.1 Å². The number of rotatable bonds is 10. The fourth-order valence-electron chi connectivity index (χ4n) is 3.75. The number of benzene rings is 3. The maximum absolute atomic E-state index is 13.6. The number of hydrogen-bond acceptors (Lipinski definition) is 4. The van der Waals surface area contributed by atoms with Gasteiger partial charge in [0, 0.05) is 6.54 Å². The number of ether oxygens (including phenoxy) is 1. The molecule has 0 heterocycles. The first-order chi connectivity index (χ1) is 16.7. The number of anilines is 1. The van der Waals surface area contributed by atoms with Gasteiger partial charge in [-0.15, -0.1) is 0 Å². The Kier molecular flexibility index (Phi) is 8.97. The maximum Gasteiger partial charge on any atom is 0.264 e. The summed E-state index contributed by atoms with van der Waals surface area (Å²) < 4.78 is 34.2. The number of sulfonamides is 1. The fraction of sp³-hybridized carbons (Fsp3) is 0.296. The molecule has 1 amide bonds. The van der Waals surface area contributed by atoms with Crippen molar-refractivity contribution in [2.75, 3.05) is 18.0 Å². The van der Waals surface area contributed by atoms with Gasteiger partial charge in [-0.25, -0.2) is 8.42 Å². The Hall–Kier alpha value is -2.84. The van der Waals surface area contributed by atoms with Crippen LogP contribution in [0.3, 0.4) is 0 Å². The van der Waals surface area contributed by atoms with Crippen molar-refractivity contribution in [3.8, 4) is 5.75 Å². The molecule has 35 heavy (non-hydrogen) atoms. The highest BCUT2D eigenvalue weighted by atomic mass is 79.9. The monoisotopic (exact) mass is 558 g/mol. The van der Waals surface area contributed by atoms with Crippen LogP contribution < -0.4 is 14.4 Å². The van der Waals surface area contributed by atoms with Crippen LogP contribution in [0.5, 0.6) is 5.75 Å². The molecule has 3 aromatic carbocycles. The van der Waals surface area contributed by atoms with Gasteiger partial charge in [-0.1, -0.05) is 49.7 Å². The molecule has 0 radical (unpaired) electrons. The predicted octanol–water partition coefficient (Wildman–Crippen LogP) is 5.40. The Morgan fingerprint density at radius 1 is 0.971 bits per heavy atom. The first kappa shape index (κ1) is 26.8. The van der Waals surface area contributed by atoms with Crippen LogP contribution in [-0.4, -0.2) is 28.0 Å². The fourth-order valence-corrected chi connectivity index (χ4v) is 5.89. The van der Waals surface area contributed by atoms with E-state index in [-0.39, 0.29) is 17.3 Å². The standard InChI is InChI=1S/C27H31BrN2O4S/c1-5-20-9-10-21(6-2)22(15-20)17-29-27(31)18-30(23-11-7-19(3)8-12-23)35(32,33)24-13-14-26(34-4)25(28)16-24/h7-16H,5-6,17-18H2,1-4H3,(H,29,31). The van der Waals surface area contributed by atoms with Gasteiger partial charge in [0.05, 0.1) is 22.2 Å². The normalized spacial score (nSPS) is 11.2. The van der Waals surface area contributed by atoms with E-state index < -0.39 is 10.0 Å². The minimum absolute atomic E-state index is 0.0578. The summed E-state index contributed by atoms with van der Waals surface area (Å²) in [6.45, 7) is 6.08. The molecular weight excluding hydrogens is 528 g/mol. The number of nitrogens with zero attached hydrogens (tertiary/aromatic N) is 1. The summed E-state index contributed by atoms with van der Waals surface area (Å²) in [7, 11) is -2.52. The average Bonchev–Trinajstić information content (AvgIpc) is 2.86. The third-order valence-corrected chi connectivity index (χ3v) is 8.25. The highest BCUT2D eigenvalue weighted by Crippen LogP contribution is 2.30. The minimum atomic E-state index is -4.03. The molecule has 0 saturated carbocycles. The number of amides is 1. The third kappa shape index (κ3) is 6.44. The molecule has 3 aromatic rings. The van der Waals surface area contributed by atoms with E-state index >= 15 is 0 Å². The Morgan fingerprint density at radius 2 is 1.69 bits per heavy atom. The second-order valence-corrected chi connectivity index (χ2v) is 10.9. The maximum atomic E-state index is 13.6. The molecule has 186 valence electrons. The molecule has 6 nitrogen and oxygen atoms in total. The van der Waals surface area contributed by atoms with Gasteiger partial charge in [0.15, 0.2) is 0 Å². The topological polar surface area (TPSA) is 75.7 Å². The highest BCUT2D eigenvalue weighted by molar-refractivity contribution is 9.10. The van der Waals surface area contributed by atoms with E-state index in [0.717, 1.165) is 33.8 Å². The zero-order valence-corrected chi connectivity index (χ0v) is 22.9. The van der Waals surface area contributed by atoms with Gasteiger partial charge in [-0.2, -0.15) is 0 Å². The molecule has 0 aliphatic heterocycles. The SMILES string of the molecule is CCc1ccc(CC)c(CNC(=O)CN(c2ccc(C)cc2)S(=O)(=O)c2ccc(OC)c(Br)c2)c1. The lowest BCUT2D eigenvalue weighted by atomic mass is 10.0. The summed E-state index contributed by atoms with van der Waals surface area (Å²) in [4.78, 5) is 13.1. The van der Waals surface area contributed by atoms with Crippen LogP contribution in [0.25, 0.3) is 0 Å². The predicted molar refractivity (Wildman–Crippen MR) is 143 cm³/mol. The van der Waals surface area contributed by atoms with E-state index in [9.17, 15) is 13.2 Å². The summed E-state index contributed by atoms with van der Waals surface area (Å²) in [5.41, 5.74) is 4.81. The first-order valence-electron chi connectivity index (χ1n) is 11.5. The molecule has 0 aliphatic rings. The van der Waals surface area contributed by atoms with Gasteiger partial charge in [0.25, 0.3) is 10.0 Å². The van der Waals surface area contributed by atoms with Crippen LogP contribution >= 0.6 is 15.9 Å². The Bertz CT molecular complexity index is 1290. The lowest BCUT2D eigenvalue weighted by molar-refractivity contribution is -0.119. The highest BCUT2D eigenvalue weighted by Gasteiger charge is 2.28. The molecule has 0 bridgehead atoms. The zero-order chi connectivity index (χ0) is 25.6. The van der Waals surface area contributed by atoms with Crippen molar-refractivity contribution >= 4 is 37.5 Å². The first-order valence-corrected chi connectivity index (χ1v) is 13.7. The molecule has 0 aromatic heterocycles. The lowest BCUT2D eigenvalue weighted by Gasteiger charge is -2.24. The van der Waals surface area contributed by atoms with Gasteiger partial charge >= 0.3 is 0 Å². The summed E-state index contributed by atoms with van der Waals surface area (Å²) in [6.07, 6.45) is 1.76. The van der Waals surface area contributed by atoms with E-state index in [4.69, 9.17) is 4.74 Å². The van der Waals surface area contributed by atoms with Crippen molar-refractivity contribution < 1.29 is 17.9 Å². The average molecular weight is 560 g/mol. The summed E-state index contributed by atoms with van der Waals surface area (Å²) in [5.74, 6) is 0.135. The Balaban J connectivity index is 1.89. The van der Waals surface area contributed by atoms with Crippen molar-refractivity contribution in [1.82, 2.24) is 5.32 Å². The largest absolute Gasteiger partial charge is 0.496 e. The smallest absolute Gasteiger partial charge is 0.264 e. The van der Waals surface area contributed by atoms with Gasteiger partial charge < -0.3 is 10.1 Å². The van der Waals surface area contributed by atoms with E-state index in [1.54, 1.807) is 18.2 Å². The molecule has 0 fully saturated rings. The molecule has 8 heteroatoms.